The molecule has 3 heterocycles. The Kier molecular flexibility index (Phi) is 3.75. The van der Waals surface area contributed by atoms with Gasteiger partial charge in [-0.05, 0) is 53.5 Å². The Morgan fingerprint density at radius 2 is 1.87 bits per heavy atom. The molecule has 7 heteroatoms. The van der Waals surface area contributed by atoms with E-state index >= 15 is 0 Å². The first-order valence-electron chi connectivity index (χ1n) is 8.02. The zero-order valence-electron chi connectivity index (χ0n) is 12.9. The summed E-state index contributed by atoms with van der Waals surface area (Å²) in [5, 5.41) is 19.0. The first-order chi connectivity index (χ1) is 11.4. The number of tetrazole rings is 1. The summed E-state index contributed by atoms with van der Waals surface area (Å²) in [5.74, 6) is 0.762. The highest BCUT2D eigenvalue weighted by atomic mass is 15.6. The largest absolute Gasteiger partial charge is 0.371 e. The molecule has 0 radical (unpaired) electrons. The van der Waals surface area contributed by atoms with E-state index in [-0.39, 0.29) is 0 Å². The number of piperidine rings is 1. The number of para-hydroxylation sites is 1. The molecule has 0 amide bonds. The molecule has 1 saturated heterocycles. The second kappa shape index (κ2) is 6.20. The van der Waals surface area contributed by atoms with Gasteiger partial charge < -0.3 is 10.2 Å². The number of benzene rings is 1. The van der Waals surface area contributed by atoms with E-state index in [1.54, 1.807) is 0 Å². The van der Waals surface area contributed by atoms with Crippen LogP contribution in [-0.2, 0) is 6.54 Å². The van der Waals surface area contributed by atoms with Gasteiger partial charge in [-0.2, -0.15) is 0 Å². The molecular weight excluding hydrogens is 290 g/mol. The van der Waals surface area contributed by atoms with Gasteiger partial charge in [0.15, 0.2) is 5.65 Å². The van der Waals surface area contributed by atoms with Crippen LogP contribution in [0.1, 0.15) is 24.8 Å². The van der Waals surface area contributed by atoms with E-state index < -0.39 is 0 Å². The predicted octanol–water partition coefficient (Wildman–Crippen LogP) is 2.12. The fourth-order valence-electron chi connectivity index (χ4n) is 3.03. The Morgan fingerprint density at radius 3 is 2.78 bits per heavy atom. The Labute approximate surface area is 134 Å². The van der Waals surface area contributed by atoms with Gasteiger partial charge in [-0.1, -0.05) is 18.2 Å². The van der Waals surface area contributed by atoms with Crippen molar-refractivity contribution < 1.29 is 0 Å². The van der Waals surface area contributed by atoms with Gasteiger partial charge in [0.1, 0.15) is 5.82 Å². The summed E-state index contributed by atoms with van der Waals surface area (Å²) in [7, 11) is 0. The number of nitrogens with zero attached hydrogens (tertiary/aromatic N) is 6. The summed E-state index contributed by atoms with van der Waals surface area (Å²) in [6.45, 7) is 3.02. The summed E-state index contributed by atoms with van der Waals surface area (Å²) in [5.41, 5.74) is 3.25. The molecule has 0 unspecified atom stereocenters. The standard InChI is InChI=1S/C16H19N7/c1-4-10-22(11-5-1)14-7-3-2-6-13(14)12-17-15-8-9-16-18-20-21-23(16)19-15/h2-3,6-9H,1,4-5,10-12H2,(H,17,19). The Bertz CT molecular complexity index is 792. The highest BCUT2D eigenvalue weighted by Gasteiger charge is 2.14. The third kappa shape index (κ3) is 2.94. The minimum atomic E-state index is 0.643. The van der Waals surface area contributed by atoms with Gasteiger partial charge in [0, 0.05) is 25.3 Å². The van der Waals surface area contributed by atoms with E-state index in [2.05, 4.69) is 55.1 Å². The number of rotatable bonds is 4. The maximum absolute atomic E-state index is 4.35. The lowest BCUT2D eigenvalue weighted by molar-refractivity contribution is 0.576. The van der Waals surface area contributed by atoms with Gasteiger partial charge in [-0.3, -0.25) is 0 Å². The third-order valence-corrected chi connectivity index (χ3v) is 4.22. The van der Waals surface area contributed by atoms with Crippen molar-refractivity contribution in [2.45, 2.75) is 25.8 Å². The van der Waals surface area contributed by atoms with E-state index in [4.69, 9.17) is 0 Å². The topological polar surface area (TPSA) is 71.2 Å². The minimum absolute atomic E-state index is 0.643. The third-order valence-electron chi connectivity index (χ3n) is 4.22. The molecule has 2 aromatic heterocycles. The SMILES string of the molecule is c1ccc(N2CCCCC2)c(CNc2ccc3nnnn3n2)c1. The molecule has 0 bridgehead atoms. The molecule has 0 atom stereocenters. The minimum Gasteiger partial charge on any atom is -0.371 e. The van der Waals surface area contributed by atoms with E-state index in [1.165, 1.54) is 35.1 Å². The Morgan fingerprint density at radius 1 is 1.00 bits per heavy atom. The first-order valence-corrected chi connectivity index (χ1v) is 8.02. The molecular formula is C16H19N7. The molecule has 7 nitrogen and oxygen atoms in total. The van der Waals surface area contributed by atoms with Crippen LogP contribution in [0.25, 0.3) is 5.65 Å². The Hall–Kier alpha value is -2.70. The number of fused-ring (bicyclic) bond motifs is 1. The van der Waals surface area contributed by atoms with E-state index in [0.29, 0.717) is 5.65 Å². The van der Waals surface area contributed by atoms with Crippen LogP contribution in [-0.4, -0.2) is 38.3 Å². The van der Waals surface area contributed by atoms with Crippen LogP contribution < -0.4 is 10.2 Å². The van der Waals surface area contributed by atoms with Crippen molar-refractivity contribution in [1.82, 2.24) is 25.3 Å². The van der Waals surface area contributed by atoms with Crippen molar-refractivity contribution in [2.24, 2.45) is 0 Å². The quantitative estimate of drug-likeness (QED) is 0.796. The normalized spacial score (nSPS) is 15.0. The summed E-state index contributed by atoms with van der Waals surface area (Å²) >= 11 is 0. The van der Waals surface area contributed by atoms with Gasteiger partial charge >= 0.3 is 0 Å². The summed E-state index contributed by atoms with van der Waals surface area (Å²) in [6.07, 6.45) is 3.89. The van der Waals surface area contributed by atoms with Crippen molar-refractivity contribution >= 4 is 17.2 Å². The second-order valence-electron chi connectivity index (χ2n) is 5.78. The molecule has 0 spiro atoms. The van der Waals surface area contributed by atoms with E-state index in [0.717, 1.165) is 25.5 Å². The maximum Gasteiger partial charge on any atom is 0.200 e. The molecule has 4 rings (SSSR count). The van der Waals surface area contributed by atoms with Gasteiger partial charge in [0.2, 0.25) is 0 Å². The lowest BCUT2D eigenvalue weighted by atomic mass is 10.1. The molecule has 1 aliphatic rings. The van der Waals surface area contributed by atoms with Crippen LogP contribution in [0.4, 0.5) is 11.5 Å². The van der Waals surface area contributed by atoms with E-state index in [9.17, 15) is 0 Å². The second-order valence-corrected chi connectivity index (χ2v) is 5.78. The van der Waals surface area contributed by atoms with Crippen molar-refractivity contribution in [3.8, 4) is 0 Å². The molecule has 1 aromatic carbocycles. The van der Waals surface area contributed by atoms with Crippen molar-refractivity contribution in [1.29, 1.82) is 0 Å². The fourth-order valence-corrected chi connectivity index (χ4v) is 3.03. The lowest BCUT2D eigenvalue weighted by Crippen LogP contribution is -2.30. The van der Waals surface area contributed by atoms with Gasteiger partial charge in [-0.25, -0.2) is 0 Å². The summed E-state index contributed by atoms with van der Waals surface area (Å²) in [4.78, 5) is 2.48. The van der Waals surface area contributed by atoms with Crippen LogP contribution in [0.5, 0.6) is 0 Å². The van der Waals surface area contributed by atoms with Crippen molar-refractivity contribution in [2.75, 3.05) is 23.3 Å². The van der Waals surface area contributed by atoms with Crippen LogP contribution in [0.15, 0.2) is 36.4 Å². The highest BCUT2D eigenvalue weighted by Crippen LogP contribution is 2.24. The maximum atomic E-state index is 4.35. The van der Waals surface area contributed by atoms with Crippen molar-refractivity contribution in [3.05, 3.63) is 42.0 Å². The lowest BCUT2D eigenvalue weighted by Gasteiger charge is -2.30. The van der Waals surface area contributed by atoms with Gasteiger partial charge in [0.25, 0.3) is 0 Å². The molecule has 1 fully saturated rings. The summed E-state index contributed by atoms with van der Waals surface area (Å²) in [6, 6.07) is 12.3. The molecule has 3 aromatic rings. The van der Waals surface area contributed by atoms with E-state index in [1.807, 2.05) is 12.1 Å². The smallest absolute Gasteiger partial charge is 0.200 e. The van der Waals surface area contributed by atoms with Gasteiger partial charge in [-0.15, -0.1) is 14.8 Å². The van der Waals surface area contributed by atoms with Crippen LogP contribution >= 0.6 is 0 Å². The zero-order valence-corrected chi connectivity index (χ0v) is 12.9. The van der Waals surface area contributed by atoms with Gasteiger partial charge in [0.05, 0.1) is 0 Å². The van der Waals surface area contributed by atoms with Crippen LogP contribution in [0.2, 0.25) is 0 Å². The fraction of sp³-hybridized carbons (Fsp3) is 0.375. The van der Waals surface area contributed by atoms with Crippen molar-refractivity contribution in [3.63, 3.8) is 0 Å². The highest BCUT2D eigenvalue weighted by molar-refractivity contribution is 5.55. The monoisotopic (exact) mass is 309 g/mol. The number of hydrogen-bond acceptors (Lipinski definition) is 6. The number of aromatic nitrogens is 5. The zero-order chi connectivity index (χ0) is 15.5. The molecule has 118 valence electrons. The summed E-state index contributed by atoms with van der Waals surface area (Å²) < 4.78 is 1.43. The molecule has 23 heavy (non-hydrogen) atoms. The predicted molar refractivity (Wildman–Crippen MR) is 88.4 cm³/mol. The average molecular weight is 309 g/mol. The number of anilines is 2. The Balaban J connectivity index is 1.51. The molecule has 0 aliphatic carbocycles. The van der Waals surface area contributed by atoms with Crippen LogP contribution in [0, 0.1) is 0 Å². The number of nitrogens with one attached hydrogen (secondary N) is 1. The molecule has 0 saturated carbocycles. The first kappa shape index (κ1) is 13.9. The molecule has 1 aliphatic heterocycles. The van der Waals surface area contributed by atoms with Crippen LogP contribution in [0.3, 0.4) is 0 Å². The average Bonchev–Trinajstić information content (AvgIpc) is 3.09. The number of hydrogen-bond donors (Lipinski definition) is 1. The molecule has 1 N–H and O–H groups in total.